The van der Waals surface area contributed by atoms with Crippen LogP contribution in [0.1, 0.15) is 19.8 Å². The lowest BCUT2D eigenvalue weighted by molar-refractivity contribution is 0.328. The molecule has 1 atom stereocenters. The van der Waals surface area contributed by atoms with Gasteiger partial charge < -0.3 is 10.2 Å². The zero-order chi connectivity index (χ0) is 13.2. The fourth-order valence-electron chi connectivity index (χ4n) is 2.57. The first-order valence-corrected chi connectivity index (χ1v) is 7.57. The van der Waals surface area contributed by atoms with E-state index in [9.17, 15) is 4.39 Å². The van der Waals surface area contributed by atoms with Crippen molar-refractivity contribution in [1.82, 2.24) is 9.88 Å². The number of thiazole rings is 1. The third-order valence-corrected chi connectivity index (χ3v) is 4.42. The number of benzene rings is 1. The topological polar surface area (TPSA) is 28.2 Å². The molecule has 1 unspecified atom stereocenters. The molecule has 1 aromatic heterocycles. The second kappa shape index (κ2) is 5.43. The number of rotatable bonds is 4. The zero-order valence-corrected chi connectivity index (χ0v) is 11.8. The smallest absolute Gasteiger partial charge is 0.184 e. The molecular formula is C14H18FN3S. The molecule has 0 saturated carbocycles. The van der Waals surface area contributed by atoms with Crippen LogP contribution < -0.4 is 5.32 Å². The number of aromatic nitrogens is 1. The minimum absolute atomic E-state index is 0.227. The van der Waals surface area contributed by atoms with Gasteiger partial charge >= 0.3 is 0 Å². The lowest BCUT2D eigenvalue weighted by Gasteiger charge is -2.20. The molecule has 2 heterocycles. The molecule has 1 aliphatic heterocycles. The summed E-state index contributed by atoms with van der Waals surface area (Å²) in [7, 11) is 0. The Hall–Kier alpha value is -1.20. The maximum Gasteiger partial charge on any atom is 0.184 e. The summed E-state index contributed by atoms with van der Waals surface area (Å²) in [5.41, 5.74) is 0.737. The Balaban J connectivity index is 1.66. The number of hydrogen-bond donors (Lipinski definition) is 1. The Kier molecular flexibility index (Phi) is 3.66. The molecule has 1 saturated heterocycles. The largest absolute Gasteiger partial charge is 0.358 e. The van der Waals surface area contributed by atoms with Crippen molar-refractivity contribution >= 4 is 26.7 Å². The maximum atomic E-state index is 13.1. The van der Waals surface area contributed by atoms with Gasteiger partial charge in [0.15, 0.2) is 5.13 Å². The van der Waals surface area contributed by atoms with E-state index in [1.807, 2.05) is 0 Å². The maximum absolute atomic E-state index is 13.1. The van der Waals surface area contributed by atoms with Crippen LogP contribution in [0.4, 0.5) is 9.52 Å². The predicted octanol–water partition coefficient (Wildman–Crippen LogP) is 3.33. The normalized spacial score (nSPS) is 18.0. The average molecular weight is 279 g/mol. The van der Waals surface area contributed by atoms with Crippen molar-refractivity contribution in [1.29, 1.82) is 0 Å². The molecule has 0 spiro atoms. The number of nitrogens with zero attached hydrogens (tertiary/aromatic N) is 2. The van der Waals surface area contributed by atoms with Crippen LogP contribution in [-0.4, -0.2) is 35.6 Å². The van der Waals surface area contributed by atoms with E-state index < -0.39 is 0 Å². The third-order valence-electron chi connectivity index (χ3n) is 3.45. The summed E-state index contributed by atoms with van der Waals surface area (Å²) >= 11 is 1.58. The van der Waals surface area contributed by atoms with Crippen molar-refractivity contribution in [2.24, 2.45) is 0 Å². The highest BCUT2D eigenvalue weighted by Gasteiger charge is 2.15. The summed E-state index contributed by atoms with van der Waals surface area (Å²) in [4.78, 5) is 6.91. The highest BCUT2D eigenvalue weighted by atomic mass is 32.1. The minimum Gasteiger partial charge on any atom is -0.358 e. The van der Waals surface area contributed by atoms with Gasteiger partial charge in [-0.1, -0.05) is 11.3 Å². The number of anilines is 1. The van der Waals surface area contributed by atoms with Crippen molar-refractivity contribution in [2.45, 2.75) is 25.8 Å². The Morgan fingerprint density at radius 2 is 2.21 bits per heavy atom. The van der Waals surface area contributed by atoms with Crippen molar-refractivity contribution in [3.05, 3.63) is 24.0 Å². The molecule has 1 aromatic carbocycles. The molecule has 3 rings (SSSR count). The molecule has 0 bridgehead atoms. The van der Waals surface area contributed by atoms with Gasteiger partial charge in [-0.05, 0) is 45.0 Å². The first kappa shape index (κ1) is 12.8. The molecule has 2 aromatic rings. The standard InChI is InChI=1S/C14H18FN3S/c1-10(9-18-6-2-3-7-18)16-14-17-12-8-11(15)4-5-13(12)19-14/h4-5,8,10H,2-3,6-7,9H2,1H3,(H,16,17). The SMILES string of the molecule is CC(CN1CCCC1)Nc1nc2cc(F)ccc2s1. The van der Waals surface area contributed by atoms with Gasteiger partial charge in [-0.25, -0.2) is 9.37 Å². The summed E-state index contributed by atoms with van der Waals surface area (Å²) in [6.07, 6.45) is 2.63. The Bertz CT molecular complexity index is 563. The molecule has 0 radical (unpaired) electrons. The molecule has 0 aliphatic carbocycles. The second-order valence-electron chi connectivity index (χ2n) is 5.18. The summed E-state index contributed by atoms with van der Waals surface area (Å²) < 4.78 is 14.1. The Labute approximate surface area is 116 Å². The summed E-state index contributed by atoms with van der Waals surface area (Å²) in [5.74, 6) is -0.227. The Morgan fingerprint density at radius 1 is 1.42 bits per heavy atom. The van der Waals surface area contributed by atoms with Gasteiger partial charge in [0, 0.05) is 18.7 Å². The predicted molar refractivity (Wildman–Crippen MR) is 78.3 cm³/mol. The van der Waals surface area contributed by atoms with Crippen LogP contribution in [0, 0.1) is 5.82 Å². The van der Waals surface area contributed by atoms with Gasteiger partial charge in [0.25, 0.3) is 0 Å². The fraction of sp³-hybridized carbons (Fsp3) is 0.500. The lowest BCUT2D eigenvalue weighted by Crippen LogP contribution is -2.32. The monoisotopic (exact) mass is 279 g/mol. The van der Waals surface area contributed by atoms with E-state index in [4.69, 9.17) is 0 Å². The average Bonchev–Trinajstić information content (AvgIpc) is 2.97. The lowest BCUT2D eigenvalue weighted by atomic mass is 10.3. The van der Waals surface area contributed by atoms with Crippen LogP contribution in [0.2, 0.25) is 0 Å². The van der Waals surface area contributed by atoms with E-state index in [0.29, 0.717) is 6.04 Å². The molecule has 1 fully saturated rings. The number of fused-ring (bicyclic) bond motifs is 1. The van der Waals surface area contributed by atoms with Gasteiger partial charge in [-0.15, -0.1) is 0 Å². The van der Waals surface area contributed by atoms with Gasteiger partial charge in [-0.3, -0.25) is 0 Å². The van der Waals surface area contributed by atoms with Crippen LogP contribution >= 0.6 is 11.3 Å². The summed E-state index contributed by atoms with van der Waals surface area (Å²) in [5, 5.41) is 4.30. The van der Waals surface area contributed by atoms with Crippen molar-refractivity contribution in [2.75, 3.05) is 25.0 Å². The molecule has 1 N–H and O–H groups in total. The van der Waals surface area contributed by atoms with Crippen molar-refractivity contribution in [3.63, 3.8) is 0 Å². The molecule has 102 valence electrons. The zero-order valence-electron chi connectivity index (χ0n) is 11.0. The summed E-state index contributed by atoms with van der Waals surface area (Å²) in [6, 6.07) is 5.13. The van der Waals surface area contributed by atoms with Crippen LogP contribution in [-0.2, 0) is 0 Å². The van der Waals surface area contributed by atoms with Crippen LogP contribution in [0.25, 0.3) is 10.2 Å². The van der Waals surface area contributed by atoms with Gasteiger partial charge in [0.1, 0.15) is 5.82 Å². The molecule has 0 amide bonds. The number of likely N-dealkylation sites (tertiary alicyclic amines) is 1. The molecule has 19 heavy (non-hydrogen) atoms. The van der Waals surface area contributed by atoms with Gasteiger partial charge in [0.2, 0.25) is 0 Å². The number of nitrogens with one attached hydrogen (secondary N) is 1. The van der Waals surface area contributed by atoms with Gasteiger partial charge in [-0.2, -0.15) is 0 Å². The number of hydrogen-bond acceptors (Lipinski definition) is 4. The van der Waals surface area contributed by atoms with E-state index in [1.54, 1.807) is 17.4 Å². The van der Waals surface area contributed by atoms with Crippen LogP contribution in [0.15, 0.2) is 18.2 Å². The Morgan fingerprint density at radius 3 is 3.00 bits per heavy atom. The second-order valence-corrected chi connectivity index (χ2v) is 6.21. The molecule has 1 aliphatic rings. The van der Waals surface area contributed by atoms with E-state index in [2.05, 4.69) is 22.1 Å². The van der Waals surface area contributed by atoms with E-state index >= 15 is 0 Å². The quantitative estimate of drug-likeness (QED) is 0.930. The third kappa shape index (κ3) is 3.04. The molecular weight excluding hydrogens is 261 g/mol. The first-order chi connectivity index (χ1) is 9.20. The van der Waals surface area contributed by atoms with Gasteiger partial charge in [0.05, 0.1) is 10.2 Å². The highest BCUT2D eigenvalue weighted by Crippen LogP contribution is 2.26. The fourth-order valence-corrected chi connectivity index (χ4v) is 3.53. The van der Waals surface area contributed by atoms with Crippen LogP contribution in [0.3, 0.4) is 0 Å². The summed E-state index contributed by atoms with van der Waals surface area (Å²) in [6.45, 7) is 5.63. The van der Waals surface area contributed by atoms with Crippen molar-refractivity contribution in [3.8, 4) is 0 Å². The van der Waals surface area contributed by atoms with Crippen molar-refractivity contribution < 1.29 is 4.39 Å². The minimum atomic E-state index is -0.227. The first-order valence-electron chi connectivity index (χ1n) is 6.76. The van der Waals surface area contributed by atoms with Crippen LogP contribution in [0.5, 0.6) is 0 Å². The van der Waals surface area contributed by atoms with E-state index in [-0.39, 0.29) is 5.82 Å². The number of halogens is 1. The van der Waals surface area contributed by atoms with E-state index in [0.717, 1.165) is 21.9 Å². The highest BCUT2D eigenvalue weighted by molar-refractivity contribution is 7.22. The molecule has 5 heteroatoms. The van der Waals surface area contributed by atoms with E-state index in [1.165, 1.54) is 38.1 Å². The molecule has 3 nitrogen and oxygen atoms in total.